The standard InChI is InChI=1S/C12H19N3O4S2/c1-8-5-11(14-13)6-9(2)12(8)21(18,19)15-10-3-4-20(16,17)7-10/h5-6,10,14-15H,3-4,7,13H2,1-2H3. The van der Waals surface area contributed by atoms with E-state index < -0.39 is 25.9 Å². The van der Waals surface area contributed by atoms with Gasteiger partial charge in [-0.1, -0.05) is 0 Å². The lowest BCUT2D eigenvalue weighted by molar-refractivity contribution is 0.561. The SMILES string of the molecule is Cc1cc(NN)cc(C)c1S(=O)(=O)NC1CCS(=O)(=O)C1. The van der Waals surface area contributed by atoms with Gasteiger partial charge in [0, 0.05) is 11.7 Å². The van der Waals surface area contributed by atoms with Crippen LogP contribution in [-0.2, 0) is 19.9 Å². The van der Waals surface area contributed by atoms with Gasteiger partial charge in [0.05, 0.1) is 16.4 Å². The van der Waals surface area contributed by atoms with Gasteiger partial charge < -0.3 is 5.43 Å². The van der Waals surface area contributed by atoms with Crippen molar-refractivity contribution in [1.82, 2.24) is 4.72 Å². The number of hydrazine groups is 1. The summed E-state index contributed by atoms with van der Waals surface area (Å²) in [5, 5.41) is 0. The van der Waals surface area contributed by atoms with Crippen LogP contribution in [0.25, 0.3) is 0 Å². The summed E-state index contributed by atoms with van der Waals surface area (Å²) in [6, 6.07) is 2.70. The van der Waals surface area contributed by atoms with E-state index in [1.165, 1.54) is 0 Å². The maximum atomic E-state index is 12.5. The maximum Gasteiger partial charge on any atom is 0.241 e. The molecule has 2 rings (SSSR count). The number of hydrogen-bond acceptors (Lipinski definition) is 6. The summed E-state index contributed by atoms with van der Waals surface area (Å²) in [5.74, 6) is 5.20. The summed E-state index contributed by atoms with van der Waals surface area (Å²) < 4.78 is 50.3. The minimum Gasteiger partial charge on any atom is -0.324 e. The molecule has 0 spiro atoms. The predicted octanol–water partition coefficient (Wildman–Crippen LogP) is 0.0544. The third-order valence-corrected chi connectivity index (χ3v) is 7.04. The van der Waals surface area contributed by atoms with Crippen LogP contribution in [0.3, 0.4) is 0 Å². The zero-order chi connectivity index (χ0) is 15.8. The van der Waals surface area contributed by atoms with Crippen LogP contribution < -0.4 is 16.0 Å². The van der Waals surface area contributed by atoms with Gasteiger partial charge in [-0.05, 0) is 43.5 Å². The Morgan fingerprint density at radius 3 is 2.24 bits per heavy atom. The minimum absolute atomic E-state index is 0.0220. The molecular formula is C12H19N3O4S2. The second kappa shape index (κ2) is 5.56. The van der Waals surface area contributed by atoms with E-state index >= 15 is 0 Å². The average molecular weight is 333 g/mol. The number of sulfonamides is 1. The third-order valence-electron chi connectivity index (χ3n) is 3.45. The van der Waals surface area contributed by atoms with Gasteiger partial charge in [0.2, 0.25) is 10.0 Å². The van der Waals surface area contributed by atoms with Crippen LogP contribution in [0, 0.1) is 13.8 Å². The summed E-state index contributed by atoms with van der Waals surface area (Å²) in [4.78, 5) is 0.172. The predicted molar refractivity (Wildman–Crippen MR) is 81.1 cm³/mol. The molecule has 4 N–H and O–H groups in total. The Hall–Kier alpha value is -1.16. The number of aryl methyl sites for hydroxylation is 2. The smallest absolute Gasteiger partial charge is 0.241 e. The van der Waals surface area contributed by atoms with Crippen molar-refractivity contribution in [2.75, 3.05) is 16.9 Å². The lowest BCUT2D eigenvalue weighted by Gasteiger charge is -2.16. The summed E-state index contributed by atoms with van der Waals surface area (Å²) in [6.07, 6.45) is 0.308. The van der Waals surface area contributed by atoms with Gasteiger partial charge in [0.15, 0.2) is 9.84 Å². The second-order valence-electron chi connectivity index (χ2n) is 5.30. The van der Waals surface area contributed by atoms with Crippen molar-refractivity contribution in [1.29, 1.82) is 0 Å². The number of nitrogens with one attached hydrogen (secondary N) is 2. The summed E-state index contributed by atoms with van der Waals surface area (Å²) >= 11 is 0. The largest absolute Gasteiger partial charge is 0.324 e. The summed E-state index contributed by atoms with van der Waals surface area (Å²) in [5.41, 5.74) is 4.20. The molecular weight excluding hydrogens is 314 g/mol. The van der Waals surface area contributed by atoms with E-state index in [4.69, 9.17) is 5.84 Å². The molecule has 21 heavy (non-hydrogen) atoms. The molecule has 0 bridgehead atoms. The molecule has 1 aromatic carbocycles. The molecule has 1 saturated heterocycles. The van der Waals surface area contributed by atoms with E-state index in [-0.39, 0.29) is 16.4 Å². The van der Waals surface area contributed by atoms with Crippen LogP contribution in [0.15, 0.2) is 17.0 Å². The molecule has 1 unspecified atom stereocenters. The lowest BCUT2D eigenvalue weighted by Crippen LogP contribution is -2.36. The first kappa shape index (κ1) is 16.2. The first-order valence-electron chi connectivity index (χ1n) is 6.45. The molecule has 7 nitrogen and oxygen atoms in total. The molecule has 9 heteroatoms. The molecule has 0 radical (unpaired) electrons. The molecule has 0 amide bonds. The monoisotopic (exact) mass is 333 g/mol. The number of nitrogen functional groups attached to an aromatic ring is 1. The summed E-state index contributed by atoms with van der Waals surface area (Å²) in [6.45, 7) is 3.35. The van der Waals surface area contributed by atoms with Gasteiger partial charge in [-0.3, -0.25) is 5.84 Å². The van der Waals surface area contributed by atoms with Crippen LogP contribution in [0.2, 0.25) is 0 Å². The Morgan fingerprint density at radius 1 is 1.24 bits per heavy atom. The van der Waals surface area contributed by atoms with Crippen molar-refractivity contribution in [3.05, 3.63) is 23.3 Å². The Morgan fingerprint density at radius 2 is 1.81 bits per heavy atom. The fraction of sp³-hybridized carbons (Fsp3) is 0.500. The van der Waals surface area contributed by atoms with E-state index in [9.17, 15) is 16.8 Å². The number of sulfone groups is 1. The van der Waals surface area contributed by atoms with Crippen molar-refractivity contribution in [3.8, 4) is 0 Å². The fourth-order valence-corrected chi connectivity index (χ4v) is 6.13. The molecule has 118 valence electrons. The van der Waals surface area contributed by atoms with E-state index in [0.717, 1.165) is 0 Å². The molecule has 1 atom stereocenters. The van der Waals surface area contributed by atoms with E-state index in [0.29, 0.717) is 23.2 Å². The van der Waals surface area contributed by atoms with Crippen LogP contribution in [-0.4, -0.2) is 34.4 Å². The van der Waals surface area contributed by atoms with Gasteiger partial charge in [0.25, 0.3) is 0 Å². The van der Waals surface area contributed by atoms with Crippen LogP contribution in [0.4, 0.5) is 5.69 Å². The first-order chi connectivity index (χ1) is 9.64. The highest BCUT2D eigenvalue weighted by atomic mass is 32.2. The Bertz CT molecular complexity index is 734. The van der Waals surface area contributed by atoms with Gasteiger partial charge in [0.1, 0.15) is 0 Å². The minimum atomic E-state index is -3.76. The second-order valence-corrected chi connectivity index (χ2v) is 9.18. The lowest BCUT2D eigenvalue weighted by atomic mass is 10.1. The number of rotatable bonds is 4. The highest BCUT2D eigenvalue weighted by molar-refractivity contribution is 7.92. The molecule has 0 aromatic heterocycles. The highest BCUT2D eigenvalue weighted by Gasteiger charge is 2.32. The number of anilines is 1. The third kappa shape index (κ3) is 3.54. The number of nitrogens with two attached hydrogens (primary N) is 1. The molecule has 0 saturated carbocycles. The molecule has 1 fully saturated rings. The first-order valence-corrected chi connectivity index (χ1v) is 9.76. The van der Waals surface area contributed by atoms with E-state index in [1.54, 1.807) is 26.0 Å². The molecule has 1 heterocycles. The van der Waals surface area contributed by atoms with Crippen molar-refractivity contribution in [2.24, 2.45) is 5.84 Å². The van der Waals surface area contributed by atoms with Gasteiger partial charge in [-0.25, -0.2) is 21.6 Å². The Kier molecular flexibility index (Phi) is 4.29. The van der Waals surface area contributed by atoms with Crippen molar-refractivity contribution in [3.63, 3.8) is 0 Å². The van der Waals surface area contributed by atoms with Gasteiger partial charge in [-0.2, -0.15) is 0 Å². The van der Waals surface area contributed by atoms with Crippen LogP contribution >= 0.6 is 0 Å². The van der Waals surface area contributed by atoms with Gasteiger partial charge >= 0.3 is 0 Å². The van der Waals surface area contributed by atoms with Gasteiger partial charge in [-0.15, -0.1) is 0 Å². The van der Waals surface area contributed by atoms with Crippen LogP contribution in [0.5, 0.6) is 0 Å². The normalized spacial score (nSPS) is 21.4. The summed E-state index contributed by atoms with van der Waals surface area (Å²) in [7, 11) is -6.90. The molecule has 1 aliphatic heterocycles. The molecule has 0 aliphatic carbocycles. The zero-order valence-corrected chi connectivity index (χ0v) is 13.5. The zero-order valence-electron chi connectivity index (χ0n) is 11.9. The maximum absolute atomic E-state index is 12.5. The fourth-order valence-electron chi connectivity index (χ4n) is 2.62. The Labute approximate surface area is 124 Å². The van der Waals surface area contributed by atoms with E-state index in [2.05, 4.69) is 10.1 Å². The number of benzene rings is 1. The van der Waals surface area contributed by atoms with E-state index in [1.807, 2.05) is 0 Å². The topological polar surface area (TPSA) is 118 Å². The quantitative estimate of drug-likeness (QED) is 0.529. The van der Waals surface area contributed by atoms with Crippen molar-refractivity contribution >= 4 is 25.5 Å². The van der Waals surface area contributed by atoms with Crippen molar-refractivity contribution < 1.29 is 16.8 Å². The molecule has 1 aliphatic rings. The number of hydrogen-bond donors (Lipinski definition) is 3. The molecule has 1 aromatic rings. The van der Waals surface area contributed by atoms with Crippen molar-refractivity contribution in [2.45, 2.75) is 31.2 Å². The average Bonchev–Trinajstić information content (AvgIpc) is 2.66. The Balaban J connectivity index is 2.33. The highest BCUT2D eigenvalue weighted by Crippen LogP contribution is 2.25. The van der Waals surface area contributed by atoms with Crippen LogP contribution in [0.1, 0.15) is 17.5 Å².